The Kier molecular flexibility index (Phi) is 6.25. The van der Waals surface area contributed by atoms with Gasteiger partial charge in [0.2, 0.25) is 5.95 Å². The lowest BCUT2D eigenvalue weighted by Crippen LogP contribution is -2.16. The van der Waals surface area contributed by atoms with Crippen LogP contribution in [0.5, 0.6) is 0 Å². The molecule has 2 aromatic carbocycles. The van der Waals surface area contributed by atoms with Gasteiger partial charge in [-0.25, -0.2) is 4.98 Å². The van der Waals surface area contributed by atoms with Gasteiger partial charge in [-0.3, -0.25) is 10.1 Å². The fourth-order valence-corrected chi connectivity index (χ4v) is 2.59. The van der Waals surface area contributed by atoms with Crippen molar-refractivity contribution in [3.63, 3.8) is 0 Å². The SMILES string of the molecule is CCC.Cc1cccc2nc(NC(=O)c3cccc(C(F)(F)F)c3)n(C)c12. The molecule has 0 saturated carbocycles. The Balaban J connectivity index is 0.000000817. The molecule has 1 amide bonds. The lowest BCUT2D eigenvalue weighted by molar-refractivity contribution is -0.137. The summed E-state index contributed by atoms with van der Waals surface area (Å²) >= 11 is 0. The first-order chi connectivity index (χ1) is 12.7. The first-order valence-corrected chi connectivity index (χ1v) is 8.59. The third-order valence-corrected chi connectivity index (χ3v) is 3.77. The van der Waals surface area contributed by atoms with Gasteiger partial charge in [0.25, 0.3) is 5.91 Å². The molecular formula is C20H22F3N3O. The monoisotopic (exact) mass is 377 g/mol. The molecule has 0 unspecified atom stereocenters. The first-order valence-electron chi connectivity index (χ1n) is 8.59. The maximum atomic E-state index is 12.8. The molecule has 0 saturated heterocycles. The Labute approximate surface area is 156 Å². The molecule has 0 fully saturated rings. The van der Waals surface area contributed by atoms with Crippen molar-refractivity contribution in [2.75, 3.05) is 5.32 Å². The summed E-state index contributed by atoms with van der Waals surface area (Å²) in [7, 11) is 1.74. The second kappa shape index (κ2) is 8.24. The molecule has 1 heterocycles. The Bertz CT molecular complexity index is 945. The predicted octanol–water partition coefficient (Wildman–Crippen LogP) is 5.57. The second-order valence-electron chi connectivity index (χ2n) is 6.18. The first kappa shape index (κ1) is 20.5. The molecule has 1 aromatic heterocycles. The number of imidazole rings is 1. The average Bonchev–Trinajstić information content (AvgIpc) is 2.92. The number of aromatic nitrogens is 2. The van der Waals surface area contributed by atoms with Crippen LogP contribution in [-0.4, -0.2) is 15.5 Å². The number of aryl methyl sites for hydroxylation is 2. The topological polar surface area (TPSA) is 46.9 Å². The van der Waals surface area contributed by atoms with Crippen LogP contribution in [0.25, 0.3) is 11.0 Å². The second-order valence-corrected chi connectivity index (χ2v) is 6.18. The highest BCUT2D eigenvalue weighted by atomic mass is 19.4. The molecule has 27 heavy (non-hydrogen) atoms. The van der Waals surface area contributed by atoms with Gasteiger partial charge in [-0.05, 0) is 36.8 Å². The number of nitrogens with zero attached hydrogens (tertiary/aromatic N) is 2. The summed E-state index contributed by atoms with van der Waals surface area (Å²) in [6, 6.07) is 9.86. The number of carbonyl (C=O) groups excluding carboxylic acids is 1. The normalized spacial score (nSPS) is 11.1. The fraction of sp³-hybridized carbons (Fsp3) is 0.300. The van der Waals surface area contributed by atoms with Crippen LogP contribution < -0.4 is 5.32 Å². The third kappa shape index (κ3) is 4.67. The highest BCUT2D eigenvalue weighted by Gasteiger charge is 2.31. The van der Waals surface area contributed by atoms with Gasteiger partial charge in [-0.2, -0.15) is 13.2 Å². The van der Waals surface area contributed by atoms with E-state index >= 15 is 0 Å². The number of alkyl halides is 3. The Morgan fingerprint density at radius 3 is 2.37 bits per heavy atom. The molecular weight excluding hydrogens is 355 g/mol. The predicted molar refractivity (Wildman–Crippen MR) is 101 cm³/mol. The van der Waals surface area contributed by atoms with Gasteiger partial charge in [0.05, 0.1) is 16.6 Å². The number of fused-ring (bicyclic) bond motifs is 1. The number of para-hydroxylation sites is 1. The molecule has 0 spiro atoms. The minimum Gasteiger partial charge on any atom is -0.313 e. The van der Waals surface area contributed by atoms with Crippen molar-refractivity contribution in [2.45, 2.75) is 33.4 Å². The molecule has 0 bridgehead atoms. The van der Waals surface area contributed by atoms with E-state index < -0.39 is 17.6 Å². The van der Waals surface area contributed by atoms with Crippen molar-refractivity contribution in [3.05, 3.63) is 59.2 Å². The lowest BCUT2D eigenvalue weighted by atomic mass is 10.1. The summed E-state index contributed by atoms with van der Waals surface area (Å²) in [5.41, 5.74) is 1.61. The molecule has 3 rings (SSSR count). The van der Waals surface area contributed by atoms with Crippen molar-refractivity contribution in [3.8, 4) is 0 Å². The Morgan fingerprint density at radius 2 is 1.78 bits per heavy atom. The maximum Gasteiger partial charge on any atom is 0.416 e. The number of anilines is 1. The van der Waals surface area contributed by atoms with Crippen LogP contribution in [0, 0.1) is 6.92 Å². The molecule has 0 radical (unpaired) electrons. The zero-order chi connectivity index (χ0) is 20.2. The molecule has 0 aliphatic carbocycles. The fourth-order valence-electron chi connectivity index (χ4n) is 2.59. The van der Waals surface area contributed by atoms with E-state index in [2.05, 4.69) is 24.1 Å². The summed E-state index contributed by atoms with van der Waals surface area (Å²) < 4.78 is 40.0. The van der Waals surface area contributed by atoms with Crippen LogP contribution in [-0.2, 0) is 13.2 Å². The van der Waals surface area contributed by atoms with E-state index in [0.717, 1.165) is 23.2 Å². The molecule has 0 aliphatic rings. The van der Waals surface area contributed by atoms with Gasteiger partial charge in [-0.1, -0.05) is 38.5 Å². The Hall–Kier alpha value is -2.83. The minimum atomic E-state index is -4.49. The molecule has 0 atom stereocenters. The zero-order valence-corrected chi connectivity index (χ0v) is 15.7. The number of carbonyl (C=O) groups is 1. The summed E-state index contributed by atoms with van der Waals surface area (Å²) in [5, 5.41) is 2.57. The number of amides is 1. The summed E-state index contributed by atoms with van der Waals surface area (Å²) in [4.78, 5) is 16.6. The van der Waals surface area contributed by atoms with E-state index in [9.17, 15) is 18.0 Å². The van der Waals surface area contributed by atoms with E-state index in [1.165, 1.54) is 18.6 Å². The number of hydrogen-bond acceptors (Lipinski definition) is 2. The van der Waals surface area contributed by atoms with Crippen LogP contribution in [0.1, 0.15) is 41.8 Å². The van der Waals surface area contributed by atoms with Gasteiger partial charge in [0.15, 0.2) is 0 Å². The smallest absolute Gasteiger partial charge is 0.313 e. The average molecular weight is 377 g/mol. The molecule has 0 aliphatic heterocycles. The molecule has 144 valence electrons. The molecule has 7 heteroatoms. The zero-order valence-electron chi connectivity index (χ0n) is 15.7. The van der Waals surface area contributed by atoms with Crippen LogP contribution >= 0.6 is 0 Å². The van der Waals surface area contributed by atoms with Crippen molar-refractivity contribution >= 4 is 22.9 Å². The van der Waals surface area contributed by atoms with Gasteiger partial charge in [-0.15, -0.1) is 0 Å². The van der Waals surface area contributed by atoms with Crippen molar-refractivity contribution in [1.29, 1.82) is 0 Å². The number of rotatable bonds is 2. The third-order valence-electron chi connectivity index (χ3n) is 3.77. The number of nitrogens with one attached hydrogen (secondary N) is 1. The largest absolute Gasteiger partial charge is 0.416 e. The Morgan fingerprint density at radius 1 is 1.15 bits per heavy atom. The van der Waals surface area contributed by atoms with Gasteiger partial charge < -0.3 is 4.57 Å². The van der Waals surface area contributed by atoms with Crippen molar-refractivity contribution < 1.29 is 18.0 Å². The highest BCUT2D eigenvalue weighted by Crippen LogP contribution is 2.29. The quantitative estimate of drug-likeness (QED) is 0.635. The summed E-state index contributed by atoms with van der Waals surface area (Å²) in [6.07, 6.45) is -3.24. The van der Waals surface area contributed by atoms with Crippen molar-refractivity contribution in [2.24, 2.45) is 7.05 Å². The highest BCUT2D eigenvalue weighted by molar-refractivity contribution is 6.04. The molecule has 4 nitrogen and oxygen atoms in total. The standard InChI is InChI=1S/C17H14F3N3O.C3H8/c1-10-5-3-8-13-14(10)23(2)16(21-13)22-15(24)11-6-4-7-12(9-11)17(18,19)20;1-3-2/h3-9H,1-2H3,(H,21,22,24);3H2,1-2H3. The van der Waals surface area contributed by atoms with E-state index in [1.807, 2.05) is 25.1 Å². The van der Waals surface area contributed by atoms with E-state index in [1.54, 1.807) is 11.6 Å². The van der Waals surface area contributed by atoms with Gasteiger partial charge in [0.1, 0.15) is 0 Å². The van der Waals surface area contributed by atoms with Crippen LogP contribution in [0.3, 0.4) is 0 Å². The maximum absolute atomic E-state index is 12.8. The summed E-state index contributed by atoms with van der Waals surface area (Å²) in [6.45, 7) is 6.17. The molecule has 3 aromatic rings. The number of halogens is 3. The van der Waals surface area contributed by atoms with Crippen LogP contribution in [0.15, 0.2) is 42.5 Å². The van der Waals surface area contributed by atoms with Crippen LogP contribution in [0.2, 0.25) is 0 Å². The van der Waals surface area contributed by atoms with Crippen molar-refractivity contribution in [1.82, 2.24) is 9.55 Å². The number of hydrogen-bond donors (Lipinski definition) is 1. The van der Waals surface area contributed by atoms with Gasteiger partial charge >= 0.3 is 6.18 Å². The van der Waals surface area contributed by atoms with Crippen LogP contribution in [0.4, 0.5) is 19.1 Å². The van der Waals surface area contributed by atoms with E-state index in [4.69, 9.17) is 0 Å². The summed E-state index contributed by atoms with van der Waals surface area (Å²) in [5.74, 6) is -0.362. The van der Waals surface area contributed by atoms with E-state index in [-0.39, 0.29) is 11.5 Å². The number of benzene rings is 2. The molecule has 1 N–H and O–H groups in total. The lowest BCUT2D eigenvalue weighted by Gasteiger charge is -2.09. The van der Waals surface area contributed by atoms with E-state index in [0.29, 0.717) is 5.52 Å². The van der Waals surface area contributed by atoms with Gasteiger partial charge in [0, 0.05) is 12.6 Å². The minimum absolute atomic E-state index is 0.0754.